The summed E-state index contributed by atoms with van der Waals surface area (Å²) in [5, 5.41) is 5.34. The highest BCUT2D eigenvalue weighted by molar-refractivity contribution is 5.96. The first-order valence-corrected chi connectivity index (χ1v) is 13.7. The van der Waals surface area contributed by atoms with Gasteiger partial charge in [-0.05, 0) is 75.4 Å². The quantitative estimate of drug-likeness (QED) is 0.256. The van der Waals surface area contributed by atoms with Crippen LogP contribution in [0.25, 0.3) is 27.1 Å². The van der Waals surface area contributed by atoms with Crippen molar-refractivity contribution in [3.05, 3.63) is 131 Å². The number of benzene rings is 4. The summed E-state index contributed by atoms with van der Waals surface area (Å²) in [7, 11) is 2.20. The molecule has 0 spiro atoms. The summed E-state index contributed by atoms with van der Waals surface area (Å²) in [4.78, 5) is 2.36. The van der Waals surface area contributed by atoms with Crippen LogP contribution < -0.4 is 4.90 Å². The van der Waals surface area contributed by atoms with Gasteiger partial charge in [0, 0.05) is 29.3 Å². The van der Waals surface area contributed by atoms with Gasteiger partial charge in [0.1, 0.15) is 0 Å². The average Bonchev–Trinajstić information content (AvgIpc) is 3.23. The van der Waals surface area contributed by atoms with Gasteiger partial charge in [-0.2, -0.15) is 0 Å². The predicted octanol–water partition coefficient (Wildman–Crippen LogP) is 9.87. The zero-order valence-electron chi connectivity index (χ0n) is 23.7. The molecule has 0 bridgehead atoms. The maximum Gasteiger partial charge on any atom is 0.0454 e. The highest BCUT2D eigenvalue weighted by atomic mass is 15.2. The van der Waals surface area contributed by atoms with E-state index in [2.05, 4.69) is 151 Å². The second kappa shape index (κ2) is 8.60. The van der Waals surface area contributed by atoms with E-state index in [9.17, 15) is 0 Å². The molecule has 1 heteroatoms. The summed E-state index contributed by atoms with van der Waals surface area (Å²) >= 11 is 0. The number of likely N-dealkylation sites (N-methyl/N-ethyl adjacent to an activating group) is 1. The molecular weight excluding hydrogens is 458 g/mol. The van der Waals surface area contributed by atoms with Crippen molar-refractivity contribution >= 4 is 32.8 Å². The number of hydrogen-bond acceptors (Lipinski definition) is 1. The average molecular weight is 496 g/mol. The third-order valence-electron chi connectivity index (χ3n) is 8.95. The Balaban J connectivity index is 1.34. The van der Waals surface area contributed by atoms with Crippen molar-refractivity contribution in [2.24, 2.45) is 0 Å². The van der Waals surface area contributed by atoms with Gasteiger partial charge in [0.05, 0.1) is 0 Å². The Kier molecular flexibility index (Phi) is 5.54. The fraction of sp³-hybridized carbons (Fsp3) is 0.243. The van der Waals surface area contributed by atoms with Crippen LogP contribution in [0.5, 0.6) is 0 Å². The molecule has 4 aromatic rings. The standard InChI is InChI=1S/C37H37N/c1-24(16-21-31-25(2)28-20-18-26-12-8-10-14-29(26)34(28)36(31,3)4)17-23-33-37(5,6)35-30-15-11-9-13-27(30)19-22-32(35)38(33)7/h8-23H,1-7H3/b21-16+,24-17+,33-23-. The summed E-state index contributed by atoms with van der Waals surface area (Å²) in [5.74, 6) is 0. The molecule has 0 amide bonds. The van der Waals surface area contributed by atoms with Gasteiger partial charge in [0.25, 0.3) is 0 Å². The molecule has 1 aliphatic carbocycles. The molecule has 1 heterocycles. The zero-order chi connectivity index (χ0) is 26.8. The van der Waals surface area contributed by atoms with Crippen LogP contribution in [0.4, 0.5) is 5.69 Å². The number of rotatable bonds is 3. The van der Waals surface area contributed by atoms with Gasteiger partial charge in [-0.15, -0.1) is 0 Å². The molecule has 0 fully saturated rings. The fourth-order valence-electron chi connectivity index (χ4n) is 7.01. The van der Waals surface area contributed by atoms with Crippen molar-refractivity contribution in [1.82, 2.24) is 0 Å². The molecule has 0 atom stereocenters. The van der Waals surface area contributed by atoms with Crippen molar-refractivity contribution in [1.29, 1.82) is 0 Å². The minimum Gasteiger partial charge on any atom is -0.347 e. The van der Waals surface area contributed by atoms with Crippen LogP contribution in [-0.2, 0) is 10.8 Å². The first-order valence-electron chi connectivity index (χ1n) is 13.7. The van der Waals surface area contributed by atoms with E-state index >= 15 is 0 Å². The Labute approximate surface area is 227 Å². The van der Waals surface area contributed by atoms with Crippen LogP contribution in [-0.4, -0.2) is 7.05 Å². The number of hydrogen-bond donors (Lipinski definition) is 0. The van der Waals surface area contributed by atoms with Gasteiger partial charge < -0.3 is 4.90 Å². The minimum atomic E-state index is -0.0687. The van der Waals surface area contributed by atoms with Crippen molar-refractivity contribution in [2.75, 3.05) is 11.9 Å². The molecule has 0 radical (unpaired) electrons. The molecular formula is C37H37N. The molecule has 2 aliphatic rings. The van der Waals surface area contributed by atoms with Gasteiger partial charge in [-0.1, -0.05) is 118 Å². The van der Waals surface area contributed by atoms with Crippen LogP contribution in [0.3, 0.4) is 0 Å². The molecule has 0 saturated carbocycles. The smallest absolute Gasteiger partial charge is 0.0454 e. The first-order chi connectivity index (χ1) is 18.1. The maximum absolute atomic E-state index is 2.37. The van der Waals surface area contributed by atoms with Crippen LogP contribution in [0.1, 0.15) is 58.2 Å². The maximum atomic E-state index is 2.37. The SMILES string of the molecule is CC1=C(/C=C/C(C)=C/C=C2\N(C)c3ccc4ccccc4c3C2(C)C)C(C)(C)c2c1ccc1ccccc21. The zero-order valence-corrected chi connectivity index (χ0v) is 23.7. The van der Waals surface area contributed by atoms with Gasteiger partial charge in [0.15, 0.2) is 0 Å². The van der Waals surface area contributed by atoms with E-state index in [0.29, 0.717) is 0 Å². The van der Waals surface area contributed by atoms with Crippen LogP contribution in [0.15, 0.2) is 114 Å². The number of anilines is 1. The van der Waals surface area contributed by atoms with E-state index in [1.165, 1.54) is 66.3 Å². The molecule has 0 saturated heterocycles. The lowest BCUT2D eigenvalue weighted by atomic mass is 9.78. The number of nitrogens with zero attached hydrogens (tertiary/aromatic N) is 1. The molecule has 0 unspecified atom stereocenters. The lowest BCUT2D eigenvalue weighted by Gasteiger charge is -2.25. The Morgan fingerprint density at radius 3 is 2.03 bits per heavy atom. The Morgan fingerprint density at radius 2 is 1.34 bits per heavy atom. The summed E-state index contributed by atoms with van der Waals surface area (Å²) in [6, 6.07) is 26.6. The lowest BCUT2D eigenvalue weighted by molar-refractivity contribution is 0.645. The summed E-state index contributed by atoms with van der Waals surface area (Å²) in [6.07, 6.45) is 9.23. The van der Waals surface area contributed by atoms with Gasteiger partial charge >= 0.3 is 0 Å². The molecule has 4 aromatic carbocycles. The first kappa shape index (κ1) is 24.5. The Hall–Kier alpha value is -3.84. The Bertz CT molecular complexity index is 1740. The van der Waals surface area contributed by atoms with E-state index in [1.807, 2.05) is 0 Å². The van der Waals surface area contributed by atoms with Crippen molar-refractivity contribution in [2.45, 2.75) is 52.4 Å². The molecule has 1 aliphatic heterocycles. The largest absolute Gasteiger partial charge is 0.347 e. The van der Waals surface area contributed by atoms with E-state index in [4.69, 9.17) is 0 Å². The highest BCUT2D eigenvalue weighted by Gasteiger charge is 2.39. The van der Waals surface area contributed by atoms with Crippen molar-refractivity contribution < 1.29 is 0 Å². The highest BCUT2D eigenvalue weighted by Crippen LogP contribution is 2.51. The molecule has 38 heavy (non-hydrogen) atoms. The minimum absolute atomic E-state index is 0.0358. The van der Waals surface area contributed by atoms with E-state index in [1.54, 1.807) is 0 Å². The fourth-order valence-corrected chi connectivity index (χ4v) is 7.01. The normalized spacial score (nSPS) is 19.3. The van der Waals surface area contributed by atoms with E-state index in [0.717, 1.165) is 0 Å². The summed E-state index contributed by atoms with van der Waals surface area (Å²) in [5.41, 5.74) is 10.8. The van der Waals surface area contributed by atoms with E-state index in [-0.39, 0.29) is 10.8 Å². The van der Waals surface area contributed by atoms with Crippen LogP contribution in [0.2, 0.25) is 0 Å². The third-order valence-corrected chi connectivity index (χ3v) is 8.95. The monoisotopic (exact) mass is 495 g/mol. The van der Waals surface area contributed by atoms with Gasteiger partial charge in [0.2, 0.25) is 0 Å². The van der Waals surface area contributed by atoms with Crippen LogP contribution in [0, 0.1) is 0 Å². The summed E-state index contributed by atoms with van der Waals surface area (Å²) in [6.45, 7) is 13.9. The molecule has 0 aromatic heterocycles. The molecule has 1 nitrogen and oxygen atoms in total. The molecule has 0 N–H and O–H groups in total. The lowest BCUT2D eigenvalue weighted by Crippen LogP contribution is -2.22. The number of allylic oxidation sites excluding steroid dienone is 8. The summed E-state index contributed by atoms with van der Waals surface area (Å²) < 4.78 is 0. The Morgan fingerprint density at radius 1 is 0.737 bits per heavy atom. The topological polar surface area (TPSA) is 3.24 Å². The third kappa shape index (κ3) is 3.52. The second-order valence-electron chi connectivity index (χ2n) is 12.0. The van der Waals surface area contributed by atoms with E-state index < -0.39 is 0 Å². The van der Waals surface area contributed by atoms with Crippen molar-refractivity contribution in [3.8, 4) is 0 Å². The van der Waals surface area contributed by atoms with Crippen molar-refractivity contribution in [3.63, 3.8) is 0 Å². The predicted molar refractivity (Wildman–Crippen MR) is 166 cm³/mol. The van der Waals surface area contributed by atoms with Gasteiger partial charge in [-0.3, -0.25) is 0 Å². The molecule has 6 rings (SSSR count). The second-order valence-corrected chi connectivity index (χ2v) is 12.0. The van der Waals surface area contributed by atoms with Crippen LogP contribution >= 0.6 is 0 Å². The van der Waals surface area contributed by atoms with Gasteiger partial charge in [-0.25, -0.2) is 0 Å². The molecule has 190 valence electrons. The number of fused-ring (bicyclic) bond motifs is 6.